The molecule has 0 atom stereocenters. The Balaban J connectivity index is 2.70. The van der Waals surface area contributed by atoms with Crippen molar-refractivity contribution in [2.24, 2.45) is 11.3 Å². The van der Waals surface area contributed by atoms with E-state index in [2.05, 4.69) is 0 Å². The molecule has 0 radical (unpaired) electrons. The molecule has 0 unspecified atom stereocenters. The lowest BCUT2D eigenvalue weighted by atomic mass is 9.84. The van der Waals surface area contributed by atoms with Crippen LogP contribution in [0.1, 0.15) is 20.8 Å². The van der Waals surface area contributed by atoms with Crippen LogP contribution in [0.4, 0.5) is 0 Å². The summed E-state index contributed by atoms with van der Waals surface area (Å²) >= 11 is 0. The smallest absolute Gasteiger partial charge is 0.148 e. The lowest BCUT2D eigenvalue weighted by Gasteiger charge is -2.18. The van der Waals surface area contributed by atoms with Gasteiger partial charge in [0, 0.05) is 5.41 Å². The first-order valence-electron chi connectivity index (χ1n) is 3.91. The Morgan fingerprint density at radius 1 is 1.18 bits per heavy atom. The summed E-state index contributed by atoms with van der Waals surface area (Å²) in [7, 11) is 0. The van der Waals surface area contributed by atoms with Gasteiger partial charge in [0.1, 0.15) is 5.78 Å². The summed E-state index contributed by atoms with van der Waals surface area (Å²) in [6.45, 7) is 5.86. The maximum absolute atomic E-state index is 11.6. The average molecular weight is 150 g/mol. The quantitative estimate of drug-likeness (QED) is 0.560. The van der Waals surface area contributed by atoms with Crippen LogP contribution in [0.5, 0.6) is 0 Å². The molecule has 0 N–H and O–H groups in total. The molecule has 1 rings (SSSR count). The van der Waals surface area contributed by atoms with Crippen LogP contribution in [0.2, 0.25) is 0 Å². The van der Waals surface area contributed by atoms with E-state index in [9.17, 15) is 4.79 Å². The second kappa shape index (κ2) is 2.65. The number of hydrogen-bond acceptors (Lipinski definition) is 1. The molecule has 60 valence electrons. The fourth-order valence-electron chi connectivity index (χ4n) is 1.11. The van der Waals surface area contributed by atoms with Crippen LogP contribution in [0, 0.1) is 11.3 Å². The molecule has 0 amide bonds. The number of Topliss-reactive ketones (excluding diaryl/α,β-unsaturated/α-hetero) is 1. The van der Waals surface area contributed by atoms with Crippen LogP contribution < -0.4 is 0 Å². The Bertz CT molecular complexity index is 204. The zero-order valence-electron chi connectivity index (χ0n) is 7.29. The fraction of sp³-hybridized carbons (Fsp3) is 0.500. The van der Waals surface area contributed by atoms with Gasteiger partial charge in [-0.3, -0.25) is 4.79 Å². The molecule has 11 heavy (non-hydrogen) atoms. The summed E-state index contributed by atoms with van der Waals surface area (Å²) in [6, 6.07) is 0. The van der Waals surface area contributed by atoms with E-state index in [1.165, 1.54) is 0 Å². The van der Waals surface area contributed by atoms with E-state index in [0.29, 0.717) is 5.78 Å². The molecule has 0 aromatic rings. The molecule has 0 spiro atoms. The summed E-state index contributed by atoms with van der Waals surface area (Å²) in [5, 5.41) is 0. The summed E-state index contributed by atoms with van der Waals surface area (Å²) in [5.74, 6) is 0.317. The highest BCUT2D eigenvalue weighted by Crippen LogP contribution is 2.23. The molecular weight excluding hydrogens is 136 g/mol. The SMILES string of the molecule is CC(C)(C)C(=O)C1C=CC=C1. The summed E-state index contributed by atoms with van der Waals surface area (Å²) in [6.07, 6.45) is 7.73. The number of carbonyl (C=O) groups is 1. The normalized spacial score (nSPS) is 17.7. The summed E-state index contributed by atoms with van der Waals surface area (Å²) < 4.78 is 0. The van der Waals surface area contributed by atoms with Crippen molar-refractivity contribution < 1.29 is 4.79 Å². The lowest BCUT2D eigenvalue weighted by molar-refractivity contribution is -0.127. The lowest BCUT2D eigenvalue weighted by Crippen LogP contribution is -2.25. The highest BCUT2D eigenvalue weighted by Gasteiger charge is 2.26. The summed E-state index contributed by atoms with van der Waals surface area (Å²) in [5.41, 5.74) is -0.219. The van der Waals surface area contributed by atoms with Gasteiger partial charge in [-0.1, -0.05) is 45.1 Å². The Morgan fingerprint density at radius 3 is 2.00 bits per heavy atom. The molecule has 1 aliphatic rings. The van der Waals surface area contributed by atoms with Crippen molar-refractivity contribution in [3.63, 3.8) is 0 Å². The van der Waals surface area contributed by atoms with Gasteiger partial charge in [-0.2, -0.15) is 0 Å². The van der Waals surface area contributed by atoms with Gasteiger partial charge < -0.3 is 0 Å². The maximum atomic E-state index is 11.6. The van der Waals surface area contributed by atoms with Crippen LogP contribution in [-0.2, 0) is 4.79 Å². The summed E-state index contributed by atoms with van der Waals surface area (Å²) in [4.78, 5) is 11.6. The van der Waals surface area contributed by atoms with Crippen molar-refractivity contribution in [2.75, 3.05) is 0 Å². The molecule has 0 aliphatic heterocycles. The van der Waals surface area contributed by atoms with Crippen molar-refractivity contribution in [3.05, 3.63) is 24.3 Å². The standard InChI is InChI=1S/C10H14O/c1-10(2,3)9(11)8-6-4-5-7-8/h4-8H,1-3H3. The topological polar surface area (TPSA) is 17.1 Å². The van der Waals surface area contributed by atoms with Gasteiger partial charge in [-0.25, -0.2) is 0 Å². The van der Waals surface area contributed by atoms with E-state index in [0.717, 1.165) is 0 Å². The number of rotatable bonds is 1. The molecule has 0 saturated carbocycles. The van der Waals surface area contributed by atoms with Gasteiger partial charge in [0.05, 0.1) is 5.92 Å². The first-order valence-corrected chi connectivity index (χ1v) is 3.91. The van der Waals surface area contributed by atoms with Crippen molar-refractivity contribution in [2.45, 2.75) is 20.8 Å². The van der Waals surface area contributed by atoms with E-state index in [4.69, 9.17) is 0 Å². The molecule has 1 heteroatoms. The third-order valence-electron chi connectivity index (χ3n) is 1.79. The van der Waals surface area contributed by atoms with Gasteiger partial charge in [0.2, 0.25) is 0 Å². The average Bonchev–Trinajstić information content (AvgIpc) is 2.34. The van der Waals surface area contributed by atoms with Crippen molar-refractivity contribution in [1.29, 1.82) is 0 Å². The number of carbonyl (C=O) groups excluding carboxylic acids is 1. The second-order valence-corrected chi connectivity index (χ2v) is 3.91. The third-order valence-corrected chi connectivity index (χ3v) is 1.79. The van der Waals surface area contributed by atoms with Crippen molar-refractivity contribution in [3.8, 4) is 0 Å². The predicted octanol–water partition coefficient (Wildman–Crippen LogP) is 2.34. The second-order valence-electron chi connectivity index (χ2n) is 3.91. The van der Waals surface area contributed by atoms with E-state index < -0.39 is 0 Å². The fourth-order valence-corrected chi connectivity index (χ4v) is 1.11. The van der Waals surface area contributed by atoms with Gasteiger partial charge in [-0.15, -0.1) is 0 Å². The van der Waals surface area contributed by atoms with Crippen molar-refractivity contribution in [1.82, 2.24) is 0 Å². The van der Waals surface area contributed by atoms with E-state index in [1.54, 1.807) is 0 Å². The Morgan fingerprint density at radius 2 is 1.64 bits per heavy atom. The molecule has 1 nitrogen and oxygen atoms in total. The minimum Gasteiger partial charge on any atom is -0.298 e. The molecule has 0 bridgehead atoms. The zero-order chi connectivity index (χ0) is 8.48. The van der Waals surface area contributed by atoms with Gasteiger partial charge >= 0.3 is 0 Å². The Kier molecular flexibility index (Phi) is 1.99. The number of hydrogen-bond donors (Lipinski definition) is 0. The predicted molar refractivity (Wildman–Crippen MR) is 46.2 cm³/mol. The third kappa shape index (κ3) is 1.79. The van der Waals surface area contributed by atoms with Crippen LogP contribution in [0.15, 0.2) is 24.3 Å². The highest BCUT2D eigenvalue weighted by atomic mass is 16.1. The van der Waals surface area contributed by atoms with Crippen molar-refractivity contribution >= 4 is 5.78 Å². The first-order chi connectivity index (χ1) is 5.02. The first kappa shape index (κ1) is 8.25. The Hall–Kier alpha value is -0.850. The maximum Gasteiger partial charge on any atom is 0.148 e. The van der Waals surface area contributed by atoms with Gasteiger partial charge in [0.25, 0.3) is 0 Å². The minimum atomic E-state index is -0.219. The molecule has 0 aromatic heterocycles. The molecule has 0 fully saturated rings. The number of allylic oxidation sites excluding steroid dienone is 4. The van der Waals surface area contributed by atoms with Gasteiger partial charge in [0.15, 0.2) is 0 Å². The molecule has 1 aliphatic carbocycles. The molecule has 0 heterocycles. The Labute approximate surface area is 67.8 Å². The van der Waals surface area contributed by atoms with E-state index >= 15 is 0 Å². The van der Waals surface area contributed by atoms with Gasteiger partial charge in [-0.05, 0) is 0 Å². The van der Waals surface area contributed by atoms with Crippen LogP contribution in [-0.4, -0.2) is 5.78 Å². The van der Waals surface area contributed by atoms with Crippen LogP contribution in [0.25, 0.3) is 0 Å². The van der Waals surface area contributed by atoms with Crippen LogP contribution >= 0.6 is 0 Å². The largest absolute Gasteiger partial charge is 0.298 e. The molecular formula is C10H14O. The van der Waals surface area contributed by atoms with E-state index in [-0.39, 0.29) is 11.3 Å². The van der Waals surface area contributed by atoms with E-state index in [1.807, 2.05) is 45.1 Å². The zero-order valence-corrected chi connectivity index (χ0v) is 7.29. The monoisotopic (exact) mass is 150 g/mol. The molecule has 0 saturated heterocycles. The number of ketones is 1. The minimum absolute atomic E-state index is 0.0231. The molecule has 0 aromatic carbocycles. The highest BCUT2D eigenvalue weighted by molar-refractivity contribution is 5.89. The van der Waals surface area contributed by atoms with Crippen LogP contribution in [0.3, 0.4) is 0 Å².